The molecule has 1 amide bonds. The minimum Gasteiger partial charge on any atom is -0.360 e. The molecular formula is C21H13F5N2O. The summed E-state index contributed by atoms with van der Waals surface area (Å²) in [5, 5.41) is 2.73. The second-order valence-electron chi connectivity index (χ2n) is 6.59. The number of halogens is 5. The Morgan fingerprint density at radius 3 is 1.97 bits per heavy atom. The number of benzene rings is 3. The van der Waals surface area contributed by atoms with Gasteiger partial charge in [0.25, 0.3) is 5.91 Å². The highest BCUT2D eigenvalue weighted by Crippen LogP contribution is 2.39. The molecule has 1 N–H and O–H groups in total. The number of fused-ring (bicyclic) bond motifs is 1. The van der Waals surface area contributed by atoms with Crippen molar-refractivity contribution in [2.75, 3.05) is 10.2 Å². The molecule has 148 valence electrons. The van der Waals surface area contributed by atoms with Crippen LogP contribution in [0, 0.1) is 36.0 Å². The van der Waals surface area contributed by atoms with E-state index in [1.165, 1.54) is 24.3 Å². The van der Waals surface area contributed by atoms with Crippen LogP contribution in [0.15, 0.2) is 48.5 Å². The van der Waals surface area contributed by atoms with Crippen molar-refractivity contribution < 1.29 is 26.7 Å². The Morgan fingerprint density at radius 1 is 0.793 bits per heavy atom. The maximum Gasteiger partial charge on any atom is 0.262 e. The highest BCUT2D eigenvalue weighted by Gasteiger charge is 2.40. The van der Waals surface area contributed by atoms with Gasteiger partial charge in [0.1, 0.15) is 6.17 Å². The lowest BCUT2D eigenvalue weighted by atomic mass is 10.0. The summed E-state index contributed by atoms with van der Waals surface area (Å²) >= 11 is 0. The van der Waals surface area contributed by atoms with Gasteiger partial charge in [0.15, 0.2) is 23.3 Å². The maximum atomic E-state index is 14.5. The molecule has 0 aromatic heterocycles. The Bertz CT molecular complexity index is 1100. The SMILES string of the molecule is Cc1ccc(N2C(=O)c3ccccc3N[C@@H]2c2c(F)c(F)c(F)c(F)c2F)cc1. The number of carbonyl (C=O) groups excluding carboxylic acids is 1. The largest absolute Gasteiger partial charge is 0.360 e. The molecule has 3 aromatic carbocycles. The standard InChI is InChI=1S/C21H13F5N2O/c1-10-6-8-11(9-7-10)28-20(27-13-5-3-2-4-12(13)21(28)29)14-15(22)17(24)19(26)18(25)16(14)23/h2-9,20,27H,1H3/t20-/m0/s1. The third kappa shape index (κ3) is 2.91. The second-order valence-corrected chi connectivity index (χ2v) is 6.59. The quantitative estimate of drug-likeness (QED) is 0.349. The minimum atomic E-state index is -2.26. The minimum absolute atomic E-state index is 0.202. The number of anilines is 2. The molecule has 29 heavy (non-hydrogen) atoms. The van der Waals surface area contributed by atoms with E-state index in [2.05, 4.69) is 5.32 Å². The first-order chi connectivity index (χ1) is 13.8. The van der Waals surface area contributed by atoms with Crippen LogP contribution in [-0.2, 0) is 0 Å². The van der Waals surface area contributed by atoms with Crippen LogP contribution in [0.2, 0.25) is 0 Å². The molecular weight excluding hydrogens is 391 g/mol. The van der Waals surface area contributed by atoms with Crippen molar-refractivity contribution in [1.82, 2.24) is 0 Å². The third-order valence-corrected chi connectivity index (χ3v) is 4.76. The van der Waals surface area contributed by atoms with Gasteiger partial charge in [-0.2, -0.15) is 0 Å². The Kier molecular flexibility index (Phi) is 4.49. The second kappa shape index (κ2) is 6.88. The number of nitrogens with one attached hydrogen (secondary N) is 1. The number of carbonyl (C=O) groups is 1. The van der Waals surface area contributed by atoms with Crippen LogP contribution in [0.1, 0.15) is 27.7 Å². The van der Waals surface area contributed by atoms with E-state index in [1.807, 2.05) is 0 Å². The number of para-hydroxylation sites is 1. The average molecular weight is 404 g/mol. The van der Waals surface area contributed by atoms with Gasteiger partial charge in [-0.05, 0) is 31.2 Å². The van der Waals surface area contributed by atoms with E-state index in [9.17, 15) is 26.7 Å². The fourth-order valence-corrected chi connectivity index (χ4v) is 3.29. The molecule has 0 radical (unpaired) electrons. The van der Waals surface area contributed by atoms with E-state index in [4.69, 9.17) is 0 Å². The third-order valence-electron chi connectivity index (χ3n) is 4.76. The van der Waals surface area contributed by atoms with Gasteiger partial charge >= 0.3 is 0 Å². The summed E-state index contributed by atoms with van der Waals surface area (Å²) in [5.74, 6) is -11.0. The Labute approximate surface area is 162 Å². The van der Waals surface area contributed by atoms with Gasteiger partial charge in [0.05, 0.1) is 11.1 Å². The fraction of sp³-hybridized carbons (Fsp3) is 0.0952. The Morgan fingerprint density at radius 2 is 1.34 bits per heavy atom. The fourth-order valence-electron chi connectivity index (χ4n) is 3.29. The number of nitrogens with zero attached hydrogens (tertiary/aromatic N) is 1. The molecule has 0 saturated heterocycles. The highest BCUT2D eigenvalue weighted by molar-refractivity contribution is 6.12. The number of hydrogen-bond donors (Lipinski definition) is 1. The molecule has 0 unspecified atom stereocenters. The molecule has 4 rings (SSSR count). The number of aryl methyl sites for hydroxylation is 1. The lowest BCUT2D eigenvalue weighted by Crippen LogP contribution is -2.44. The Balaban J connectivity index is 1.98. The topological polar surface area (TPSA) is 32.3 Å². The summed E-state index contributed by atoms with van der Waals surface area (Å²) < 4.78 is 70.3. The first-order valence-electron chi connectivity index (χ1n) is 8.58. The molecule has 0 spiro atoms. The van der Waals surface area contributed by atoms with Gasteiger partial charge in [-0.15, -0.1) is 0 Å². The summed E-state index contributed by atoms with van der Waals surface area (Å²) in [6.07, 6.45) is -1.65. The van der Waals surface area contributed by atoms with Crippen LogP contribution < -0.4 is 10.2 Å². The van der Waals surface area contributed by atoms with E-state index < -0.39 is 46.7 Å². The van der Waals surface area contributed by atoms with Gasteiger partial charge in [-0.25, -0.2) is 22.0 Å². The van der Waals surface area contributed by atoms with E-state index in [-0.39, 0.29) is 16.9 Å². The number of amides is 1. The summed E-state index contributed by atoms with van der Waals surface area (Å²) in [6, 6.07) is 12.6. The van der Waals surface area contributed by atoms with E-state index in [0.29, 0.717) is 0 Å². The number of hydrogen-bond acceptors (Lipinski definition) is 2. The van der Waals surface area contributed by atoms with Crippen LogP contribution in [0.5, 0.6) is 0 Å². The molecule has 0 bridgehead atoms. The van der Waals surface area contributed by atoms with Crippen molar-refractivity contribution in [1.29, 1.82) is 0 Å². The van der Waals surface area contributed by atoms with Crippen LogP contribution in [0.4, 0.5) is 33.3 Å². The molecule has 1 heterocycles. The molecule has 3 nitrogen and oxygen atoms in total. The van der Waals surface area contributed by atoms with Crippen molar-refractivity contribution in [3.8, 4) is 0 Å². The number of rotatable bonds is 2. The molecule has 1 aliphatic rings. The predicted octanol–water partition coefficient (Wildman–Crippen LogP) is 5.46. The van der Waals surface area contributed by atoms with Crippen LogP contribution in [-0.4, -0.2) is 5.91 Å². The smallest absolute Gasteiger partial charge is 0.262 e. The average Bonchev–Trinajstić information content (AvgIpc) is 2.72. The molecule has 0 fully saturated rings. The summed E-state index contributed by atoms with van der Waals surface area (Å²) in [6.45, 7) is 1.80. The predicted molar refractivity (Wildman–Crippen MR) is 97.0 cm³/mol. The van der Waals surface area contributed by atoms with Crippen molar-refractivity contribution in [3.05, 3.63) is 94.3 Å². The van der Waals surface area contributed by atoms with Gasteiger partial charge < -0.3 is 5.32 Å². The molecule has 1 aliphatic heterocycles. The van der Waals surface area contributed by atoms with Crippen molar-refractivity contribution in [3.63, 3.8) is 0 Å². The zero-order chi connectivity index (χ0) is 20.9. The summed E-state index contributed by atoms with van der Waals surface area (Å²) in [4.78, 5) is 14.1. The summed E-state index contributed by atoms with van der Waals surface area (Å²) in [5.41, 5.74) is 0.378. The monoisotopic (exact) mass is 404 g/mol. The van der Waals surface area contributed by atoms with E-state index in [0.717, 1.165) is 10.5 Å². The lowest BCUT2D eigenvalue weighted by molar-refractivity contribution is 0.0974. The van der Waals surface area contributed by atoms with Crippen LogP contribution in [0.25, 0.3) is 0 Å². The van der Waals surface area contributed by atoms with Crippen LogP contribution in [0.3, 0.4) is 0 Å². The molecule has 1 atom stereocenters. The highest BCUT2D eigenvalue weighted by atomic mass is 19.2. The zero-order valence-electron chi connectivity index (χ0n) is 14.9. The van der Waals surface area contributed by atoms with Crippen molar-refractivity contribution >= 4 is 17.3 Å². The van der Waals surface area contributed by atoms with Gasteiger partial charge in [0.2, 0.25) is 5.82 Å². The van der Waals surface area contributed by atoms with E-state index in [1.54, 1.807) is 31.2 Å². The first-order valence-corrected chi connectivity index (χ1v) is 8.58. The molecule has 3 aromatic rings. The lowest BCUT2D eigenvalue weighted by Gasteiger charge is -2.38. The summed E-state index contributed by atoms with van der Waals surface area (Å²) in [7, 11) is 0. The van der Waals surface area contributed by atoms with Crippen molar-refractivity contribution in [2.45, 2.75) is 13.1 Å². The van der Waals surface area contributed by atoms with E-state index >= 15 is 0 Å². The van der Waals surface area contributed by atoms with Crippen LogP contribution >= 0.6 is 0 Å². The molecule has 8 heteroatoms. The normalized spacial score (nSPS) is 15.9. The van der Waals surface area contributed by atoms with Gasteiger partial charge in [-0.1, -0.05) is 29.8 Å². The molecule has 0 aliphatic carbocycles. The van der Waals surface area contributed by atoms with Gasteiger partial charge in [-0.3, -0.25) is 9.69 Å². The Hall–Kier alpha value is -3.42. The van der Waals surface area contributed by atoms with Crippen molar-refractivity contribution in [2.24, 2.45) is 0 Å². The zero-order valence-corrected chi connectivity index (χ0v) is 14.9. The van der Waals surface area contributed by atoms with Gasteiger partial charge in [0, 0.05) is 11.4 Å². The maximum absolute atomic E-state index is 14.5. The first kappa shape index (κ1) is 18.9. The molecule has 0 saturated carbocycles.